The van der Waals surface area contributed by atoms with Gasteiger partial charge < -0.3 is 10.6 Å². The van der Waals surface area contributed by atoms with E-state index in [0.29, 0.717) is 13.0 Å². The molecule has 7 heteroatoms. The molecule has 0 spiro atoms. The van der Waals surface area contributed by atoms with Crippen LogP contribution >= 0.6 is 23.1 Å². The zero-order valence-electron chi connectivity index (χ0n) is 15.2. The average Bonchev–Trinajstić information content (AvgIpc) is 3.25. The molecule has 0 unspecified atom stereocenters. The van der Waals surface area contributed by atoms with Crippen LogP contribution in [0.4, 0.5) is 0 Å². The molecule has 1 heterocycles. The van der Waals surface area contributed by atoms with Gasteiger partial charge in [0.15, 0.2) is 0 Å². The van der Waals surface area contributed by atoms with Crippen LogP contribution in [0.5, 0.6) is 0 Å². The first kappa shape index (κ1) is 20.1. The highest BCUT2D eigenvalue weighted by molar-refractivity contribution is 8.00. The van der Waals surface area contributed by atoms with Crippen LogP contribution in [-0.2, 0) is 22.6 Å². The van der Waals surface area contributed by atoms with Gasteiger partial charge in [-0.3, -0.25) is 9.59 Å². The Morgan fingerprint density at radius 2 is 1.75 bits per heavy atom. The van der Waals surface area contributed by atoms with Crippen LogP contribution in [0.1, 0.15) is 11.3 Å². The smallest absolute Gasteiger partial charge is 0.243 e. The van der Waals surface area contributed by atoms with E-state index in [0.717, 1.165) is 16.2 Å². The number of carbonyl (C=O) groups excluding carboxylic acids is 2. The van der Waals surface area contributed by atoms with Gasteiger partial charge in [0, 0.05) is 16.7 Å². The van der Waals surface area contributed by atoms with Crippen molar-refractivity contribution in [1.82, 2.24) is 15.6 Å². The monoisotopic (exact) mass is 411 g/mol. The lowest BCUT2D eigenvalue weighted by Gasteiger charge is -2.18. The van der Waals surface area contributed by atoms with Crippen LogP contribution in [-0.4, -0.2) is 28.6 Å². The van der Waals surface area contributed by atoms with Gasteiger partial charge in [0.1, 0.15) is 6.04 Å². The summed E-state index contributed by atoms with van der Waals surface area (Å²) in [5, 5.41) is 7.63. The molecule has 5 nitrogen and oxygen atoms in total. The topological polar surface area (TPSA) is 71.1 Å². The number of hydrogen-bond donors (Lipinski definition) is 2. The number of benzene rings is 2. The number of hydrogen-bond acceptors (Lipinski definition) is 5. The molecule has 0 aliphatic rings. The summed E-state index contributed by atoms with van der Waals surface area (Å²) in [6, 6.07) is 18.8. The Morgan fingerprint density at radius 3 is 2.43 bits per heavy atom. The molecule has 28 heavy (non-hydrogen) atoms. The standard InChI is InChI=1S/C21H21N3O2S2/c25-20(14-28-18-9-5-2-6-10-18)24-19(11-16-7-3-1-4-8-16)21(26)22-12-17-13-27-15-23-17/h1-10,13,15,19H,11-12,14H2,(H,22,26)(H,24,25)/t19-/m1/s1. The van der Waals surface area contributed by atoms with Crippen molar-refractivity contribution in [1.29, 1.82) is 0 Å². The highest BCUT2D eigenvalue weighted by Crippen LogP contribution is 2.16. The third kappa shape index (κ3) is 6.51. The molecule has 0 aliphatic carbocycles. The van der Waals surface area contributed by atoms with Crippen molar-refractivity contribution in [2.45, 2.75) is 23.9 Å². The molecule has 0 saturated carbocycles. The summed E-state index contributed by atoms with van der Waals surface area (Å²) in [5.41, 5.74) is 3.53. The van der Waals surface area contributed by atoms with E-state index in [4.69, 9.17) is 0 Å². The predicted octanol–water partition coefficient (Wildman–Crippen LogP) is 3.28. The molecule has 144 valence electrons. The second-order valence-electron chi connectivity index (χ2n) is 6.11. The summed E-state index contributed by atoms with van der Waals surface area (Å²) in [5.74, 6) is -0.122. The zero-order valence-corrected chi connectivity index (χ0v) is 16.8. The second kappa shape index (κ2) is 10.6. The minimum absolute atomic E-state index is 0.168. The second-order valence-corrected chi connectivity index (χ2v) is 7.88. The van der Waals surface area contributed by atoms with E-state index >= 15 is 0 Å². The van der Waals surface area contributed by atoms with Crippen molar-refractivity contribution < 1.29 is 9.59 Å². The Morgan fingerprint density at radius 1 is 1.04 bits per heavy atom. The fraction of sp³-hybridized carbons (Fsp3) is 0.190. The Kier molecular flexibility index (Phi) is 7.63. The van der Waals surface area contributed by atoms with Crippen molar-refractivity contribution in [2.24, 2.45) is 0 Å². The number of carbonyl (C=O) groups is 2. The van der Waals surface area contributed by atoms with Gasteiger partial charge in [-0.25, -0.2) is 4.98 Å². The Labute approximate surface area is 172 Å². The normalized spacial score (nSPS) is 11.6. The molecule has 0 fully saturated rings. The summed E-state index contributed by atoms with van der Waals surface area (Å²) in [4.78, 5) is 30.3. The van der Waals surface area contributed by atoms with Crippen molar-refractivity contribution >= 4 is 34.9 Å². The van der Waals surface area contributed by atoms with Crippen molar-refractivity contribution in [3.05, 3.63) is 82.8 Å². The van der Waals surface area contributed by atoms with Gasteiger partial charge >= 0.3 is 0 Å². The fourth-order valence-electron chi connectivity index (χ4n) is 2.59. The van der Waals surface area contributed by atoms with E-state index in [-0.39, 0.29) is 17.6 Å². The average molecular weight is 412 g/mol. The SMILES string of the molecule is O=C(CSc1ccccc1)N[C@H](Cc1ccccc1)C(=O)NCc1cscn1. The van der Waals surface area contributed by atoms with E-state index in [1.165, 1.54) is 23.1 Å². The largest absolute Gasteiger partial charge is 0.349 e. The summed E-state index contributed by atoms with van der Waals surface area (Å²) in [7, 11) is 0. The van der Waals surface area contributed by atoms with E-state index in [9.17, 15) is 9.59 Å². The first-order valence-corrected chi connectivity index (χ1v) is 10.8. The lowest BCUT2D eigenvalue weighted by molar-refractivity contribution is -0.128. The van der Waals surface area contributed by atoms with E-state index in [1.54, 1.807) is 5.51 Å². The van der Waals surface area contributed by atoms with E-state index < -0.39 is 6.04 Å². The van der Waals surface area contributed by atoms with Crippen LogP contribution in [0.25, 0.3) is 0 Å². The molecule has 2 N–H and O–H groups in total. The van der Waals surface area contributed by atoms with Gasteiger partial charge in [0.05, 0.1) is 23.5 Å². The molecule has 1 atom stereocenters. The van der Waals surface area contributed by atoms with Crippen molar-refractivity contribution in [3.8, 4) is 0 Å². The molecule has 0 radical (unpaired) electrons. The summed E-state index contributed by atoms with van der Waals surface area (Å²) in [6.45, 7) is 0.349. The minimum atomic E-state index is -0.634. The predicted molar refractivity (Wildman–Crippen MR) is 113 cm³/mol. The molecule has 0 aliphatic heterocycles. The van der Waals surface area contributed by atoms with Crippen LogP contribution in [0, 0.1) is 0 Å². The Balaban J connectivity index is 1.59. The molecule has 2 amide bonds. The Bertz CT molecular complexity index is 871. The van der Waals surface area contributed by atoms with Crippen LogP contribution < -0.4 is 10.6 Å². The number of nitrogens with zero attached hydrogens (tertiary/aromatic N) is 1. The lowest BCUT2D eigenvalue weighted by Crippen LogP contribution is -2.48. The number of thioether (sulfide) groups is 1. The number of aromatic nitrogens is 1. The number of thiazole rings is 1. The van der Waals surface area contributed by atoms with Gasteiger partial charge in [-0.2, -0.15) is 0 Å². The molecule has 3 aromatic rings. The Hall–Kier alpha value is -2.64. The third-order valence-electron chi connectivity index (χ3n) is 3.97. The maximum Gasteiger partial charge on any atom is 0.243 e. The zero-order chi connectivity index (χ0) is 19.6. The van der Waals surface area contributed by atoms with E-state index in [2.05, 4.69) is 15.6 Å². The molecule has 3 rings (SSSR count). The first-order chi connectivity index (χ1) is 13.7. The quantitative estimate of drug-likeness (QED) is 0.530. The first-order valence-electron chi connectivity index (χ1n) is 8.86. The highest BCUT2D eigenvalue weighted by Gasteiger charge is 2.21. The molecule has 0 bridgehead atoms. The maximum absolute atomic E-state index is 12.7. The fourth-order valence-corrected chi connectivity index (χ4v) is 3.88. The van der Waals surface area contributed by atoms with E-state index in [1.807, 2.05) is 66.0 Å². The number of rotatable bonds is 9. The van der Waals surface area contributed by atoms with Crippen LogP contribution in [0.15, 0.2) is 76.4 Å². The van der Waals surface area contributed by atoms with Gasteiger partial charge in [-0.1, -0.05) is 48.5 Å². The molecular weight excluding hydrogens is 390 g/mol. The summed E-state index contributed by atoms with van der Waals surface area (Å²) >= 11 is 2.93. The van der Waals surface area contributed by atoms with Crippen molar-refractivity contribution in [2.75, 3.05) is 5.75 Å². The number of amides is 2. The molecular formula is C21H21N3O2S2. The van der Waals surface area contributed by atoms with Crippen LogP contribution in [0.2, 0.25) is 0 Å². The van der Waals surface area contributed by atoms with Gasteiger partial charge in [-0.05, 0) is 17.7 Å². The molecule has 2 aromatic carbocycles. The van der Waals surface area contributed by atoms with Gasteiger partial charge in [0.2, 0.25) is 11.8 Å². The summed E-state index contributed by atoms with van der Waals surface area (Å²) < 4.78 is 0. The van der Waals surface area contributed by atoms with Gasteiger partial charge in [-0.15, -0.1) is 23.1 Å². The lowest BCUT2D eigenvalue weighted by atomic mass is 10.1. The molecule has 0 saturated heterocycles. The maximum atomic E-state index is 12.7. The number of nitrogens with one attached hydrogen (secondary N) is 2. The van der Waals surface area contributed by atoms with Crippen LogP contribution in [0.3, 0.4) is 0 Å². The van der Waals surface area contributed by atoms with Crippen molar-refractivity contribution in [3.63, 3.8) is 0 Å². The third-order valence-corrected chi connectivity index (χ3v) is 5.62. The minimum Gasteiger partial charge on any atom is -0.349 e. The highest BCUT2D eigenvalue weighted by atomic mass is 32.2. The summed E-state index contributed by atoms with van der Waals surface area (Å²) in [6.07, 6.45) is 0.436. The molecule has 1 aromatic heterocycles. The van der Waals surface area contributed by atoms with Gasteiger partial charge in [0.25, 0.3) is 0 Å².